The summed E-state index contributed by atoms with van der Waals surface area (Å²) in [6, 6.07) is 9.38. The zero-order valence-electron chi connectivity index (χ0n) is 23.0. The van der Waals surface area contributed by atoms with E-state index in [1.807, 2.05) is 31.2 Å². The number of methoxy groups -OCH3 is 1. The summed E-state index contributed by atoms with van der Waals surface area (Å²) in [6.07, 6.45) is 1.89. The first-order valence-electron chi connectivity index (χ1n) is 13.5. The Hall–Kier alpha value is -3.80. The number of rotatable bonds is 10. The van der Waals surface area contributed by atoms with Gasteiger partial charge in [0, 0.05) is 35.0 Å². The van der Waals surface area contributed by atoms with Crippen LogP contribution in [0.2, 0.25) is 5.02 Å². The topological polar surface area (TPSA) is 111 Å². The van der Waals surface area contributed by atoms with Crippen molar-refractivity contribution in [2.75, 3.05) is 25.6 Å². The van der Waals surface area contributed by atoms with Crippen molar-refractivity contribution in [3.8, 4) is 0 Å². The SMILES string of the molecule is CCO[C@H]1CCN(C(=O)Cc2cc(Cl)c(NC(=O)c3csc4ccccc34)cc2F)[C@@H]1c1ncc(CCC(=O)OC)o1. The average molecular weight is 614 g/mol. The number of carbonyl (C=O) groups excluding carboxylic acids is 3. The third kappa shape index (κ3) is 6.33. The summed E-state index contributed by atoms with van der Waals surface area (Å²) in [4.78, 5) is 43.9. The lowest BCUT2D eigenvalue weighted by Gasteiger charge is -2.26. The highest BCUT2D eigenvalue weighted by Gasteiger charge is 2.41. The van der Waals surface area contributed by atoms with Crippen molar-refractivity contribution >= 4 is 56.5 Å². The summed E-state index contributed by atoms with van der Waals surface area (Å²) in [6.45, 7) is 2.65. The van der Waals surface area contributed by atoms with Crippen LogP contribution < -0.4 is 5.32 Å². The summed E-state index contributed by atoms with van der Waals surface area (Å²) in [7, 11) is 1.31. The van der Waals surface area contributed by atoms with Gasteiger partial charge in [0.2, 0.25) is 11.8 Å². The van der Waals surface area contributed by atoms with Gasteiger partial charge in [0.1, 0.15) is 17.6 Å². The first kappa shape index (κ1) is 29.7. The van der Waals surface area contributed by atoms with E-state index in [1.165, 1.54) is 30.7 Å². The highest BCUT2D eigenvalue weighted by molar-refractivity contribution is 7.17. The third-order valence-electron chi connectivity index (χ3n) is 7.12. The molecule has 2 aromatic heterocycles. The Bertz CT molecular complexity index is 1620. The quantitative estimate of drug-likeness (QED) is 0.220. The number of oxazole rings is 1. The molecule has 0 aliphatic carbocycles. The molecule has 4 aromatic rings. The molecule has 0 saturated carbocycles. The zero-order valence-corrected chi connectivity index (χ0v) is 24.6. The molecule has 2 amide bonds. The Morgan fingerprint density at radius 1 is 1.26 bits per heavy atom. The number of halogens is 2. The van der Waals surface area contributed by atoms with Crippen molar-refractivity contribution in [3.63, 3.8) is 0 Å². The number of esters is 1. The van der Waals surface area contributed by atoms with Crippen molar-refractivity contribution in [2.45, 2.75) is 44.8 Å². The Kier molecular flexibility index (Phi) is 9.20. The maximum absolute atomic E-state index is 15.3. The third-order valence-corrected chi connectivity index (χ3v) is 8.40. The number of carbonyl (C=O) groups is 3. The second-order valence-electron chi connectivity index (χ2n) is 9.76. The first-order valence-corrected chi connectivity index (χ1v) is 14.7. The summed E-state index contributed by atoms with van der Waals surface area (Å²) in [5.41, 5.74) is 0.671. The van der Waals surface area contributed by atoms with Crippen LogP contribution in [-0.2, 0) is 31.9 Å². The molecule has 220 valence electrons. The van der Waals surface area contributed by atoms with E-state index in [-0.39, 0.29) is 53.0 Å². The standard InChI is InChI=1S/C30H29ClFN3O6S/c1-3-40-24-10-11-35(28(24)30-33-15-18(41-30)8-9-27(37)39-2)26(36)13-17-12-21(31)23(14-22(17)32)34-29(38)20-16-42-25-7-5-4-6-19(20)25/h4-7,12,14-16,24,28H,3,8-11,13H2,1-2H3,(H,34,38)/t24-,28-/m0/s1. The van der Waals surface area contributed by atoms with Gasteiger partial charge >= 0.3 is 5.97 Å². The molecular weight excluding hydrogens is 585 g/mol. The lowest BCUT2D eigenvalue weighted by Crippen LogP contribution is -2.35. The van der Waals surface area contributed by atoms with Crippen LogP contribution in [0.15, 0.2) is 52.4 Å². The number of benzene rings is 2. The van der Waals surface area contributed by atoms with Crippen molar-refractivity contribution in [1.82, 2.24) is 9.88 Å². The summed E-state index contributed by atoms with van der Waals surface area (Å²) in [5, 5.41) is 5.34. The van der Waals surface area contributed by atoms with Crippen molar-refractivity contribution < 1.29 is 32.7 Å². The molecule has 2 atom stereocenters. The number of likely N-dealkylation sites (tertiary alicyclic amines) is 1. The van der Waals surface area contributed by atoms with Crippen LogP contribution in [-0.4, -0.2) is 54.0 Å². The fraction of sp³-hybridized carbons (Fsp3) is 0.333. The van der Waals surface area contributed by atoms with E-state index in [9.17, 15) is 14.4 Å². The number of hydrogen-bond acceptors (Lipinski definition) is 8. The number of fused-ring (bicyclic) bond motifs is 1. The van der Waals surface area contributed by atoms with Gasteiger partial charge in [-0.15, -0.1) is 11.3 Å². The van der Waals surface area contributed by atoms with Gasteiger partial charge in [-0.3, -0.25) is 14.4 Å². The molecule has 1 saturated heterocycles. The Morgan fingerprint density at radius 3 is 2.86 bits per heavy atom. The van der Waals surface area contributed by atoms with Crippen LogP contribution in [0.4, 0.5) is 10.1 Å². The molecule has 12 heteroatoms. The lowest BCUT2D eigenvalue weighted by molar-refractivity contribution is -0.140. The van der Waals surface area contributed by atoms with Crippen LogP contribution in [0, 0.1) is 5.82 Å². The van der Waals surface area contributed by atoms with Crippen LogP contribution in [0.25, 0.3) is 10.1 Å². The second kappa shape index (κ2) is 13.0. The minimum atomic E-state index is -0.670. The molecule has 1 aliphatic rings. The fourth-order valence-electron chi connectivity index (χ4n) is 5.05. The molecule has 2 aromatic carbocycles. The van der Waals surface area contributed by atoms with E-state index in [1.54, 1.807) is 10.3 Å². The number of anilines is 1. The maximum Gasteiger partial charge on any atom is 0.305 e. The van der Waals surface area contributed by atoms with Gasteiger partial charge in [-0.25, -0.2) is 9.37 Å². The van der Waals surface area contributed by atoms with E-state index >= 15 is 4.39 Å². The fourth-order valence-corrected chi connectivity index (χ4v) is 6.23. The molecule has 3 heterocycles. The molecule has 9 nitrogen and oxygen atoms in total. The van der Waals surface area contributed by atoms with Gasteiger partial charge < -0.3 is 24.1 Å². The van der Waals surface area contributed by atoms with Gasteiger partial charge in [0.15, 0.2) is 0 Å². The van der Waals surface area contributed by atoms with Crippen molar-refractivity contribution in [3.05, 3.63) is 81.6 Å². The van der Waals surface area contributed by atoms with E-state index < -0.39 is 17.8 Å². The molecule has 1 fully saturated rings. The van der Waals surface area contributed by atoms with E-state index in [2.05, 4.69) is 15.0 Å². The summed E-state index contributed by atoms with van der Waals surface area (Å²) < 4.78 is 32.7. The molecular formula is C30H29ClFN3O6S. The monoisotopic (exact) mass is 613 g/mol. The minimum absolute atomic E-state index is 0.0914. The highest BCUT2D eigenvalue weighted by atomic mass is 35.5. The number of aromatic nitrogens is 1. The molecule has 0 radical (unpaired) electrons. The lowest BCUT2D eigenvalue weighted by atomic mass is 10.1. The van der Waals surface area contributed by atoms with Crippen LogP contribution in [0.5, 0.6) is 0 Å². The number of nitrogens with one attached hydrogen (secondary N) is 1. The Morgan fingerprint density at radius 2 is 2.07 bits per heavy atom. The average Bonchev–Trinajstić information content (AvgIpc) is 3.72. The summed E-state index contributed by atoms with van der Waals surface area (Å²) in [5.74, 6) is -1.03. The first-order chi connectivity index (χ1) is 20.3. The Balaban J connectivity index is 1.30. The molecule has 0 bridgehead atoms. The molecule has 1 N–H and O–H groups in total. The van der Waals surface area contributed by atoms with Crippen molar-refractivity contribution in [1.29, 1.82) is 0 Å². The number of amides is 2. The van der Waals surface area contributed by atoms with Gasteiger partial charge in [-0.05, 0) is 37.1 Å². The molecule has 0 unspecified atom stereocenters. The number of hydrogen-bond donors (Lipinski definition) is 1. The number of aryl methyl sites for hydroxylation is 1. The van der Waals surface area contributed by atoms with Crippen molar-refractivity contribution in [2.24, 2.45) is 0 Å². The number of nitrogens with zero attached hydrogens (tertiary/aromatic N) is 2. The van der Waals surface area contributed by atoms with E-state index in [4.69, 9.17) is 20.8 Å². The van der Waals surface area contributed by atoms with E-state index in [0.717, 1.165) is 16.2 Å². The number of ether oxygens (including phenoxy) is 2. The van der Waals surface area contributed by atoms with Gasteiger partial charge in [-0.1, -0.05) is 29.8 Å². The van der Waals surface area contributed by atoms with Gasteiger partial charge in [0.25, 0.3) is 5.91 Å². The van der Waals surface area contributed by atoms with Crippen LogP contribution in [0.1, 0.15) is 53.4 Å². The van der Waals surface area contributed by atoms with Gasteiger partial charge in [-0.2, -0.15) is 0 Å². The zero-order chi connectivity index (χ0) is 29.8. The second-order valence-corrected chi connectivity index (χ2v) is 11.1. The molecule has 42 heavy (non-hydrogen) atoms. The maximum atomic E-state index is 15.3. The molecule has 0 spiro atoms. The smallest absolute Gasteiger partial charge is 0.305 e. The van der Waals surface area contributed by atoms with Gasteiger partial charge in [0.05, 0.1) is 48.5 Å². The predicted octanol–water partition coefficient (Wildman–Crippen LogP) is 5.96. The normalized spacial score (nSPS) is 16.6. The highest BCUT2D eigenvalue weighted by Crippen LogP contribution is 2.36. The predicted molar refractivity (Wildman–Crippen MR) is 156 cm³/mol. The van der Waals surface area contributed by atoms with Crippen LogP contribution >= 0.6 is 22.9 Å². The van der Waals surface area contributed by atoms with E-state index in [0.29, 0.717) is 37.3 Å². The molecule has 5 rings (SSSR count). The largest absolute Gasteiger partial charge is 0.469 e. The molecule has 1 aliphatic heterocycles. The number of thiophene rings is 1. The van der Waals surface area contributed by atoms with Crippen LogP contribution in [0.3, 0.4) is 0 Å². The minimum Gasteiger partial charge on any atom is -0.469 e. The summed E-state index contributed by atoms with van der Waals surface area (Å²) >= 11 is 7.88. The Labute approximate surface area is 250 Å².